The third-order valence-electron chi connectivity index (χ3n) is 1.19. The van der Waals surface area contributed by atoms with Crippen LogP contribution in [0.1, 0.15) is 13.3 Å². The van der Waals surface area contributed by atoms with Crippen LogP contribution in [0.4, 0.5) is 39.5 Å². The molecule has 151 valence electrons. The number of carboxylic acid groups (broad SMARTS) is 2. The Kier molecular flexibility index (Phi) is 14.5. The van der Waals surface area contributed by atoms with E-state index in [9.17, 15) is 49.1 Å². The van der Waals surface area contributed by atoms with Crippen molar-refractivity contribution in [3.63, 3.8) is 0 Å². The topological polar surface area (TPSA) is 114 Å². The van der Waals surface area contributed by atoms with Gasteiger partial charge in [0.25, 0.3) is 0 Å². The van der Waals surface area contributed by atoms with Crippen molar-refractivity contribution in [1.29, 1.82) is 0 Å². The van der Waals surface area contributed by atoms with Crippen molar-refractivity contribution in [2.24, 2.45) is 0 Å². The number of carbonyl (C=O) groups excluding carboxylic acids is 4. The molecule has 0 rings (SSSR count). The molecule has 0 N–H and O–H groups in total. The molecular weight excluding hydrogens is 439 g/mol. The third kappa shape index (κ3) is 22.2. The van der Waals surface area contributed by atoms with Gasteiger partial charge in [0, 0.05) is 0 Å². The molecule has 0 aromatic carbocycles. The van der Waals surface area contributed by atoms with Crippen LogP contribution in [0.25, 0.3) is 0 Å². The van der Waals surface area contributed by atoms with Gasteiger partial charge in [-0.15, -0.1) is 0 Å². The van der Waals surface area contributed by atoms with E-state index in [1.165, 1.54) is 0 Å². The number of Topliss-reactive ketones (excluding diaryl/α,β-unsaturated/α-hetero) is 2. The molecule has 25 heavy (non-hydrogen) atoms. The number of hydrogen-bond donors (Lipinski definition) is 0. The Balaban J connectivity index is -0.000000133. The maximum atomic E-state index is 11.3. The molecular formula is C9H5CuF9O6. The number of carbonyl (C=O) groups is 4. The Morgan fingerprint density at radius 1 is 0.680 bits per heavy atom. The average Bonchev–Trinajstić information content (AvgIpc) is 2.25. The molecule has 6 nitrogen and oxygen atoms in total. The van der Waals surface area contributed by atoms with Crippen LogP contribution in [0, 0.1) is 0 Å². The molecule has 0 bridgehead atoms. The molecule has 0 saturated heterocycles. The number of alkyl halides is 9. The van der Waals surface area contributed by atoms with Crippen LogP contribution in [-0.2, 0) is 36.2 Å². The number of rotatable bonds is 2. The zero-order valence-corrected chi connectivity index (χ0v) is 12.3. The second-order valence-electron chi connectivity index (χ2n) is 3.37. The van der Waals surface area contributed by atoms with E-state index in [2.05, 4.69) is 0 Å². The normalized spacial score (nSPS) is 10.8. The largest absolute Gasteiger partial charge is 2.00 e. The summed E-state index contributed by atoms with van der Waals surface area (Å²) < 4.78 is 97.0. The zero-order valence-electron chi connectivity index (χ0n) is 11.4. The first-order valence-corrected chi connectivity index (χ1v) is 4.88. The Hall–Kier alpha value is -1.83. The smallest absolute Gasteiger partial charge is 0.542 e. The molecule has 0 aromatic rings. The Morgan fingerprint density at radius 3 is 0.920 bits per heavy atom. The van der Waals surface area contributed by atoms with Gasteiger partial charge in [-0.05, 0) is 6.92 Å². The van der Waals surface area contributed by atoms with Crippen LogP contribution in [0.2, 0.25) is 0 Å². The van der Waals surface area contributed by atoms with Crippen molar-refractivity contribution in [3.8, 4) is 0 Å². The molecule has 0 fully saturated rings. The van der Waals surface area contributed by atoms with E-state index in [0.717, 1.165) is 6.92 Å². The Labute approximate surface area is 142 Å². The summed E-state index contributed by atoms with van der Waals surface area (Å²) in [7, 11) is 0. The first kappa shape index (κ1) is 31.0. The van der Waals surface area contributed by atoms with Crippen molar-refractivity contribution in [1.82, 2.24) is 0 Å². The van der Waals surface area contributed by atoms with Crippen LogP contribution in [0.3, 0.4) is 0 Å². The second-order valence-corrected chi connectivity index (χ2v) is 3.37. The van der Waals surface area contributed by atoms with Gasteiger partial charge in [0.15, 0.2) is 0 Å². The van der Waals surface area contributed by atoms with E-state index in [1.54, 1.807) is 0 Å². The SMILES string of the molecule is CC(=O)CC(=O)C(F)(F)F.O=C([O-])C(F)(F)F.O=C([O-])C(F)(F)F.[Cu+2]. The van der Waals surface area contributed by atoms with Gasteiger partial charge in [0.1, 0.15) is 17.7 Å². The zero-order chi connectivity index (χ0) is 20.5. The van der Waals surface area contributed by atoms with Crippen molar-refractivity contribution in [2.75, 3.05) is 0 Å². The minimum atomic E-state index is -5.19. The number of aliphatic carboxylic acids is 2. The van der Waals surface area contributed by atoms with Gasteiger partial charge in [-0.2, -0.15) is 39.5 Å². The second kappa shape index (κ2) is 11.7. The van der Waals surface area contributed by atoms with Crippen LogP contribution in [0.5, 0.6) is 0 Å². The van der Waals surface area contributed by atoms with E-state index in [-0.39, 0.29) is 17.1 Å². The van der Waals surface area contributed by atoms with Crippen LogP contribution in [0.15, 0.2) is 0 Å². The van der Waals surface area contributed by atoms with E-state index < -0.39 is 48.5 Å². The molecule has 0 saturated carbocycles. The fourth-order valence-electron chi connectivity index (χ4n) is 0.326. The average molecular weight is 444 g/mol. The minimum Gasteiger partial charge on any atom is -0.542 e. The molecule has 0 aliphatic rings. The van der Waals surface area contributed by atoms with E-state index in [1.807, 2.05) is 0 Å². The number of ketones is 2. The maximum absolute atomic E-state index is 11.3. The van der Waals surface area contributed by atoms with Crippen molar-refractivity contribution >= 4 is 23.5 Å². The monoisotopic (exact) mass is 443 g/mol. The number of hydrogen-bond acceptors (Lipinski definition) is 6. The third-order valence-corrected chi connectivity index (χ3v) is 1.19. The first-order valence-electron chi connectivity index (χ1n) is 4.88. The van der Waals surface area contributed by atoms with Crippen LogP contribution < -0.4 is 10.2 Å². The predicted molar refractivity (Wildman–Crippen MR) is 48.5 cm³/mol. The summed E-state index contributed by atoms with van der Waals surface area (Å²) in [5.74, 6) is -8.78. The number of halogens is 9. The molecule has 1 radical (unpaired) electrons. The first-order chi connectivity index (χ1) is 10.2. The molecule has 0 amide bonds. The van der Waals surface area contributed by atoms with E-state index >= 15 is 0 Å². The predicted octanol–water partition coefficient (Wildman–Crippen LogP) is -0.308. The summed E-state index contributed by atoms with van der Waals surface area (Å²) >= 11 is 0. The van der Waals surface area contributed by atoms with Crippen LogP contribution >= 0.6 is 0 Å². The van der Waals surface area contributed by atoms with E-state index in [0.29, 0.717) is 0 Å². The Bertz CT molecular complexity index is 442. The molecule has 0 spiro atoms. The fraction of sp³-hybridized carbons (Fsp3) is 0.556. The van der Waals surface area contributed by atoms with Gasteiger partial charge < -0.3 is 19.8 Å². The van der Waals surface area contributed by atoms with Gasteiger partial charge in [-0.25, -0.2) is 0 Å². The van der Waals surface area contributed by atoms with Gasteiger partial charge in [-0.1, -0.05) is 0 Å². The summed E-state index contributed by atoms with van der Waals surface area (Å²) in [5.41, 5.74) is 0. The van der Waals surface area contributed by atoms with Crippen LogP contribution in [-0.4, -0.2) is 42.0 Å². The molecule has 0 atom stereocenters. The minimum absolute atomic E-state index is 0. The number of carboxylic acids is 2. The quantitative estimate of drug-likeness (QED) is 0.329. The van der Waals surface area contributed by atoms with Crippen molar-refractivity contribution < 1.29 is 86.0 Å². The summed E-state index contributed by atoms with van der Waals surface area (Å²) in [6, 6.07) is 0. The molecule has 0 aliphatic carbocycles. The summed E-state index contributed by atoms with van der Waals surface area (Å²) in [6.07, 6.45) is -16.3. The van der Waals surface area contributed by atoms with Gasteiger partial charge in [0.2, 0.25) is 5.78 Å². The molecule has 0 aliphatic heterocycles. The molecule has 0 heterocycles. The van der Waals surface area contributed by atoms with Crippen molar-refractivity contribution in [3.05, 3.63) is 0 Å². The summed E-state index contributed by atoms with van der Waals surface area (Å²) in [5, 5.41) is 17.6. The fourth-order valence-corrected chi connectivity index (χ4v) is 0.326. The van der Waals surface area contributed by atoms with Gasteiger partial charge >= 0.3 is 35.6 Å². The van der Waals surface area contributed by atoms with Crippen molar-refractivity contribution in [2.45, 2.75) is 31.9 Å². The molecule has 0 aromatic heterocycles. The standard InChI is InChI=1S/C5H5F3O2.2C2HF3O2.Cu/c1-3(9)2-4(10)5(6,7)8;2*3-2(4,5)1(6)7;/h2H2,1H3;2*(H,6,7);/q;;;+2/p-2. The van der Waals surface area contributed by atoms with Gasteiger partial charge in [0.05, 0.1) is 6.42 Å². The molecule has 16 heteroatoms. The summed E-state index contributed by atoms with van der Waals surface area (Å²) in [6.45, 7) is 0.934. The van der Waals surface area contributed by atoms with Gasteiger partial charge in [-0.3, -0.25) is 9.59 Å². The molecule has 0 unspecified atom stereocenters. The van der Waals surface area contributed by atoms with E-state index in [4.69, 9.17) is 19.8 Å². The Morgan fingerprint density at radius 2 is 0.880 bits per heavy atom. The summed E-state index contributed by atoms with van der Waals surface area (Å²) in [4.78, 5) is 37.5. The maximum Gasteiger partial charge on any atom is 2.00 e.